The van der Waals surface area contributed by atoms with Crippen LogP contribution in [-0.4, -0.2) is 65.1 Å². The maximum absolute atomic E-state index is 12.0. The van der Waals surface area contributed by atoms with Crippen molar-refractivity contribution >= 4 is 17.7 Å². The summed E-state index contributed by atoms with van der Waals surface area (Å²) in [4.78, 5) is 16.8. The number of carboxylic acids is 1. The van der Waals surface area contributed by atoms with Crippen LogP contribution in [0.25, 0.3) is 0 Å². The lowest BCUT2D eigenvalue weighted by molar-refractivity contribution is -0.132. The van der Waals surface area contributed by atoms with Gasteiger partial charge in [0.15, 0.2) is 0 Å². The van der Waals surface area contributed by atoms with Crippen LogP contribution in [0.3, 0.4) is 0 Å². The molecular weight excluding hydrogens is 360 g/mol. The molecule has 0 saturated carbocycles. The van der Waals surface area contributed by atoms with Gasteiger partial charge in [0.25, 0.3) is 0 Å². The summed E-state index contributed by atoms with van der Waals surface area (Å²) in [5, 5.41) is 10.8. The molecule has 0 amide bonds. The number of thioether (sulfide) groups is 1. The number of morpholine rings is 1. The first-order valence-corrected chi connectivity index (χ1v) is 11.0. The molecule has 27 heavy (non-hydrogen) atoms. The first-order chi connectivity index (χ1) is 12.6. The number of nitrogens with zero attached hydrogens (tertiary/aromatic N) is 2. The fraction of sp³-hybridized carbons (Fsp3) is 0.762. The van der Waals surface area contributed by atoms with E-state index in [0.717, 1.165) is 55.4 Å². The van der Waals surface area contributed by atoms with Crippen molar-refractivity contribution in [2.24, 2.45) is 5.41 Å². The lowest BCUT2D eigenvalue weighted by Gasteiger charge is -2.46. The highest BCUT2D eigenvalue weighted by molar-refractivity contribution is 8.03. The highest BCUT2D eigenvalue weighted by Crippen LogP contribution is 2.36. The Labute approximate surface area is 168 Å². The van der Waals surface area contributed by atoms with E-state index in [1.807, 2.05) is 6.92 Å². The van der Waals surface area contributed by atoms with E-state index < -0.39 is 5.97 Å². The molecule has 2 atom stereocenters. The van der Waals surface area contributed by atoms with Gasteiger partial charge in [0.05, 0.1) is 23.3 Å². The highest BCUT2D eigenvalue weighted by Gasteiger charge is 2.35. The van der Waals surface area contributed by atoms with E-state index in [0.29, 0.717) is 5.57 Å². The molecule has 0 aromatic carbocycles. The number of ether oxygens (including phenoxy) is 1. The summed E-state index contributed by atoms with van der Waals surface area (Å²) in [6.45, 7) is 16.3. The Balaban J connectivity index is 2.33. The Hall–Kier alpha value is -0.980. The van der Waals surface area contributed by atoms with E-state index in [4.69, 9.17) is 4.74 Å². The highest BCUT2D eigenvalue weighted by atomic mass is 32.2. The third-order valence-electron chi connectivity index (χ3n) is 5.05. The molecule has 2 aliphatic rings. The van der Waals surface area contributed by atoms with E-state index >= 15 is 0 Å². The average molecular weight is 397 g/mol. The van der Waals surface area contributed by atoms with Gasteiger partial charge in [-0.3, -0.25) is 4.90 Å². The van der Waals surface area contributed by atoms with E-state index in [1.54, 1.807) is 11.8 Å². The second kappa shape index (κ2) is 9.48. The topological polar surface area (TPSA) is 53.0 Å². The zero-order chi connectivity index (χ0) is 20.2. The minimum absolute atomic E-state index is 0.105. The predicted octanol–water partition coefficient (Wildman–Crippen LogP) is 4.17. The molecule has 0 bridgehead atoms. The standard InChI is InChI=1S/C21H36N2O3S/c1-7-27-19-18(20(24)25)15(2)13-17(22-11-12-26-16(3)14-22)23(19)10-8-9-21(4,5)6/h13,16-17H,7-12,14H2,1-6H3,(H,24,25)/t16-,17?/m0/s1. The maximum Gasteiger partial charge on any atom is 0.338 e. The zero-order valence-electron chi connectivity index (χ0n) is 17.7. The van der Waals surface area contributed by atoms with Gasteiger partial charge in [0.2, 0.25) is 0 Å². The SMILES string of the molecule is CCSC1=C(C(=O)O)C(C)=CC(N2CCO[C@@H](C)C2)N1CCCC(C)(C)C. The van der Waals surface area contributed by atoms with Crippen molar-refractivity contribution in [1.29, 1.82) is 0 Å². The van der Waals surface area contributed by atoms with Gasteiger partial charge in [0.1, 0.15) is 6.17 Å². The average Bonchev–Trinajstić information content (AvgIpc) is 2.55. The van der Waals surface area contributed by atoms with Gasteiger partial charge >= 0.3 is 5.97 Å². The number of rotatable bonds is 7. The third kappa shape index (κ3) is 6.00. The number of aliphatic carboxylic acids is 1. The first-order valence-electron chi connectivity index (χ1n) is 10.1. The van der Waals surface area contributed by atoms with Crippen LogP contribution in [0.15, 0.2) is 22.3 Å². The van der Waals surface area contributed by atoms with E-state index in [9.17, 15) is 9.90 Å². The summed E-state index contributed by atoms with van der Waals surface area (Å²) in [6.07, 6.45) is 4.61. The summed E-state index contributed by atoms with van der Waals surface area (Å²) in [5.41, 5.74) is 1.62. The van der Waals surface area contributed by atoms with E-state index in [2.05, 4.69) is 50.5 Å². The summed E-state index contributed by atoms with van der Waals surface area (Å²) in [5.74, 6) is 0.0378. The van der Waals surface area contributed by atoms with Crippen LogP contribution in [-0.2, 0) is 9.53 Å². The van der Waals surface area contributed by atoms with Gasteiger partial charge in [-0.25, -0.2) is 4.79 Å². The van der Waals surface area contributed by atoms with Crippen molar-refractivity contribution in [3.8, 4) is 0 Å². The minimum Gasteiger partial charge on any atom is -0.478 e. The van der Waals surface area contributed by atoms with Gasteiger partial charge in [0, 0.05) is 19.6 Å². The molecule has 1 fully saturated rings. The molecule has 1 N–H and O–H groups in total. The van der Waals surface area contributed by atoms with Crippen LogP contribution in [0, 0.1) is 5.41 Å². The molecule has 0 aliphatic carbocycles. The van der Waals surface area contributed by atoms with Crippen LogP contribution < -0.4 is 0 Å². The van der Waals surface area contributed by atoms with Crippen molar-refractivity contribution in [3.63, 3.8) is 0 Å². The summed E-state index contributed by atoms with van der Waals surface area (Å²) < 4.78 is 5.73. The van der Waals surface area contributed by atoms with Crippen molar-refractivity contribution < 1.29 is 14.6 Å². The van der Waals surface area contributed by atoms with Crippen molar-refractivity contribution in [1.82, 2.24) is 9.80 Å². The first kappa shape index (κ1) is 22.3. The Kier molecular flexibility index (Phi) is 7.83. The van der Waals surface area contributed by atoms with E-state index in [-0.39, 0.29) is 17.7 Å². The lowest BCUT2D eigenvalue weighted by atomic mass is 9.90. The molecule has 2 rings (SSSR count). The van der Waals surface area contributed by atoms with Crippen molar-refractivity contribution in [2.75, 3.05) is 32.0 Å². The van der Waals surface area contributed by atoms with Crippen LogP contribution in [0.2, 0.25) is 0 Å². The Morgan fingerprint density at radius 3 is 2.67 bits per heavy atom. The second-order valence-electron chi connectivity index (χ2n) is 8.72. The molecule has 2 heterocycles. The normalized spacial score (nSPS) is 25.0. The Morgan fingerprint density at radius 1 is 1.41 bits per heavy atom. The summed E-state index contributed by atoms with van der Waals surface area (Å²) >= 11 is 1.65. The molecule has 1 unspecified atom stereocenters. The second-order valence-corrected chi connectivity index (χ2v) is 9.97. The number of carbonyl (C=O) groups is 1. The largest absolute Gasteiger partial charge is 0.478 e. The Bertz CT molecular complexity index is 595. The van der Waals surface area contributed by atoms with Gasteiger partial charge in [-0.1, -0.05) is 27.7 Å². The van der Waals surface area contributed by atoms with Gasteiger partial charge in [-0.2, -0.15) is 0 Å². The van der Waals surface area contributed by atoms with Gasteiger partial charge < -0.3 is 14.7 Å². The fourth-order valence-corrected chi connectivity index (χ4v) is 4.81. The number of carboxylic acid groups (broad SMARTS) is 1. The Morgan fingerprint density at radius 2 is 2.11 bits per heavy atom. The molecular formula is C21H36N2O3S. The predicted molar refractivity (Wildman–Crippen MR) is 113 cm³/mol. The third-order valence-corrected chi connectivity index (χ3v) is 6.06. The molecule has 154 valence electrons. The van der Waals surface area contributed by atoms with Crippen molar-refractivity contribution in [2.45, 2.75) is 66.7 Å². The monoisotopic (exact) mass is 396 g/mol. The number of hydrogen-bond donors (Lipinski definition) is 1. The van der Waals surface area contributed by atoms with Crippen LogP contribution >= 0.6 is 11.8 Å². The molecule has 1 saturated heterocycles. The van der Waals surface area contributed by atoms with Crippen molar-refractivity contribution in [3.05, 3.63) is 22.3 Å². The van der Waals surface area contributed by atoms with Crippen LogP contribution in [0.1, 0.15) is 54.4 Å². The van der Waals surface area contributed by atoms with Crippen LogP contribution in [0.4, 0.5) is 0 Å². The maximum atomic E-state index is 12.0. The molecule has 0 radical (unpaired) electrons. The zero-order valence-corrected chi connectivity index (χ0v) is 18.6. The lowest BCUT2D eigenvalue weighted by Crippen LogP contribution is -2.54. The van der Waals surface area contributed by atoms with Gasteiger partial charge in [-0.05, 0) is 49.5 Å². The smallest absolute Gasteiger partial charge is 0.338 e. The molecule has 0 spiro atoms. The summed E-state index contributed by atoms with van der Waals surface area (Å²) in [7, 11) is 0. The van der Waals surface area contributed by atoms with Crippen LogP contribution in [0.5, 0.6) is 0 Å². The molecule has 5 nitrogen and oxygen atoms in total. The molecule has 0 aromatic heterocycles. The minimum atomic E-state index is -0.825. The summed E-state index contributed by atoms with van der Waals surface area (Å²) in [6, 6.07) is 0. The number of hydrogen-bond acceptors (Lipinski definition) is 5. The quantitative estimate of drug-likeness (QED) is 0.697. The molecule has 0 aromatic rings. The molecule has 6 heteroatoms. The fourth-order valence-electron chi connectivity index (χ4n) is 3.78. The van der Waals surface area contributed by atoms with E-state index in [1.165, 1.54) is 0 Å². The molecule has 2 aliphatic heterocycles. The van der Waals surface area contributed by atoms with Gasteiger partial charge in [-0.15, -0.1) is 11.8 Å².